The second-order valence-corrected chi connectivity index (χ2v) is 12.1. The fourth-order valence-corrected chi connectivity index (χ4v) is 6.26. The van der Waals surface area contributed by atoms with Crippen molar-refractivity contribution < 1.29 is 62.0 Å². The monoisotopic (exact) mass is 759 g/mol. The van der Waals surface area contributed by atoms with Gasteiger partial charge in [0, 0.05) is 48.1 Å². The molecule has 2 aliphatic heterocycles. The summed E-state index contributed by atoms with van der Waals surface area (Å²) in [5, 5.41) is 37.9. The van der Waals surface area contributed by atoms with Crippen LogP contribution in [-0.4, -0.2) is 54.3 Å². The number of aliphatic carboxylic acids is 4. The van der Waals surface area contributed by atoms with Crippen LogP contribution >= 0.6 is 0 Å². The van der Waals surface area contributed by atoms with Gasteiger partial charge in [0.05, 0.1) is 22.8 Å². The number of nitrogens with zero attached hydrogens (tertiary/aromatic N) is 4. The molecule has 0 unspecified atom stereocenters. The zero-order valence-electron chi connectivity index (χ0n) is 27.5. The second kappa shape index (κ2) is 15.2. The summed E-state index contributed by atoms with van der Waals surface area (Å²) in [4.78, 5) is 65.9. The molecule has 0 fully saturated rings. The standard InChI is InChI=1S/C36H38N4O8.Ag/c1-17-21(5-9-33(41)42)29-14-26-19(3)23(7-11-35(45)46)31(39-26)16-28-20(4)24(8-12-36(47)48)32(40-28)15-27-18(2)22(6-10-34(43)44)30(38-27)13-25(17)37-29;/h13-16H,5-12H2,1-4H3,(H6,37,38,39,40,41,42,43,44,45,46,47,48);/p-2. The zero-order chi connectivity index (χ0) is 34.9. The number of carboxylic acid groups (broad SMARTS) is 4. The molecular formula is C36H36AgN4O8-2. The number of carboxylic acids is 4. The molecule has 261 valence electrons. The van der Waals surface area contributed by atoms with Gasteiger partial charge >= 0.3 is 23.9 Å². The summed E-state index contributed by atoms with van der Waals surface area (Å²) in [6.07, 6.45) is 0.401. The first-order chi connectivity index (χ1) is 22.7. The number of aromatic nitrogens is 4. The normalized spacial score (nSPS) is 12.7. The Labute approximate surface area is 297 Å². The van der Waals surface area contributed by atoms with Crippen LogP contribution < -0.4 is 9.97 Å². The maximum absolute atomic E-state index is 11.6. The van der Waals surface area contributed by atoms with Crippen molar-refractivity contribution in [3.05, 3.63) is 69.3 Å². The molecule has 13 heteroatoms. The van der Waals surface area contributed by atoms with E-state index in [9.17, 15) is 39.6 Å². The Morgan fingerprint density at radius 3 is 1.14 bits per heavy atom. The molecule has 49 heavy (non-hydrogen) atoms. The van der Waals surface area contributed by atoms with E-state index in [1.807, 2.05) is 27.7 Å². The minimum Gasteiger partial charge on any atom is -0.657 e. The molecule has 0 spiro atoms. The number of hydrogen-bond donors (Lipinski definition) is 4. The van der Waals surface area contributed by atoms with Crippen LogP contribution in [0.2, 0.25) is 0 Å². The molecule has 0 saturated heterocycles. The van der Waals surface area contributed by atoms with Gasteiger partial charge in [-0.25, -0.2) is 9.97 Å². The molecule has 0 aliphatic carbocycles. The van der Waals surface area contributed by atoms with Gasteiger partial charge in [-0.15, -0.1) is 22.1 Å². The fraction of sp³-hybridized carbons (Fsp3) is 0.333. The summed E-state index contributed by atoms with van der Waals surface area (Å²) in [6.45, 7) is 7.43. The predicted molar refractivity (Wildman–Crippen MR) is 179 cm³/mol. The molecule has 0 atom stereocenters. The first-order valence-corrected chi connectivity index (χ1v) is 15.6. The van der Waals surface area contributed by atoms with Crippen LogP contribution in [0.1, 0.15) is 97.4 Å². The molecule has 12 nitrogen and oxygen atoms in total. The van der Waals surface area contributed by atoms with Crippen molar-refractivity contribution in [2.45, 2.75) is 79.1 Å². The first-order valence-electron chi connectivity index (χ1n) is 15.6. The van der Waals surface area contributed by atoms with Crippen LogP contribution in [-0.2, 0) is 54.4 Å². The molecular weight excluding hydrogens is 724 g/mol. The Morgan fingerprint density at radius 2 is 0.816 bits per heavy atom. The predicted octanol–water partition coefficient (Wildman–Crippen LogP) is 5.81. The maximum Gasteiger partial charge on any atom is 0.303 e. The Morgan fingerprint density at radius 1 is 0.510 bits per heavy atom. The molecule has 4 N–H and O–H groups in total. The number of hydrogen-bond acceptors (Lipinski definition) is 6. The van der Waals surface area contributed by atoms with Crippen LogP contribution in [0.3, 0.4) is 0 Å². The van der Waals surface area contributed by atoms with Gasteiger partial charge in [0.15, 0.2) is 0 Å². The van der Waals surface area contributed by atoms with Crippen LogP contribution in [0.25, 0.3) is 44.4 Å². The Balaban J connectivity index is 0.00000541. The minimum atomic E-state index is -0.954. The minimum absolute atomic E-state index is 0. The number of allylic oxidation sites excluding steroid dienone is 4. The second-order valence-electron chi connectivity index (χ2n) is 12.1. The zero-order valence-corrected chi connectivity index (χ0v) is 29.0. The summed E-state index contributed by atoms with van der Waals surface area (Å²) in [7, 11) is 0. The number of fused-ring (bicyclic) bond motifs is 8. The topological polar surface area (TPSA) is 203 Å². The van der Waals surface area contributed by atoms with E-state index in [1.165, 1.54) is 0 Å². The Bertz CT molecular complexity index is 1960. The molecule has 0 saturated carbocycles. The smallest absolute Gasteiger partial charge is 0.303 e. The largest absolute Gasteiger partial charge is 0.657 e. The molecule has 3 aromatic heterocycles. The molecule has 1 radical (unpaired) electrons. The van der Waals surface area contributed by atoms with E-state index in [1.54, 1.807) is 24.3 Å². The Hall–Kier alpha value is -4.78. The van der Waals surface area contributed by atoms with Crippen molar-refractivity contribution in [1.29, 1.82) is 0 Å². The van der Waals surface area contributed by atoms with Crippen LogP contribution in [0, 0.1) is 13.8 Å². The van der Waals surface area contributed by atoms with Crippen molar-refractivity contribution >= 4 is 68.2 Å². The van der Waals surface area contributed by atoms with E-state index in [0.29, 0.717) is 44.8 Å². The van der Waals surface area contributed by atoms with Crippen molar-refractivity contribution in [2.75, 3.05) is 0 Å². The van der Waals surface area contributed by atoms with Crippen LogP contribution in [0.5, 0.6) is 0 Å². The van der Waals surface area contributed by atoms with Gasteiger partial charge in [-0.2, -0.15) is 0 Å². The molecule has 2 aliphatic rings. The van der Waals surface area contributed by atoms with Crippen molar-refractivity contribution in [1.82, 2.24) is 19.9 Å². The number of carbonyl (C=O) groups is 4. The molecule has 5 heterocycles. The third kappa shape index (κ3) is 8.10. The molecule has 0 aromatic carbocycles. The van der Waals surface area contributed by atoms with Gasteiger partial charge < -0.3 is 30.4 Å². The van der Waals surface area contributed by atoms with Gasteiger partial charge in [-0.1, -0.05) is 46.5 Å². The van der Waals surface area contributed by atoms with Crippen molar-refractivity contribution in [3.63, 3.8) is 0 Å². The average Bonchev–Trinajstić information content (AvgIpc) is 3.66. The summed E-state index contributed by atoms with van der Waals surface area (Å²) in [6, 6.07) is 7.14. The average molecular weight is 761 g/mol. The van der Waals surface area contributed by atoms with E-state index in [2.05, 4.69) is 0 Å². The van der Waals surface area contributed by atoms with E-state index < -0.39 is 23.9 Å². The number of aryl methyl sites for hydroxylation is 4. The van der Waals surface area contributed by atoms with Gasteiger partial charge in [-0.05, 0) is 75.7 Å². The van der Waals surface area contributed by atoms with E-state index >= 15 is 0 Å². The van der Waals surface area contributed by atoms with Crippen molar-refractivity contribution in [2.24, 2.45) is 0 Å². The van der Waals surface area contributed by atoms with Gasteiger partial charge in [-0.3, -0.25) is 19.2 Å². The molecule has 0 amide bonds. The van der Waals surface area contributed by atoms with Crippen LogP contribution in [0.4, 0.5) is 0 Å². The number of rotatable bonds is 12. The van der Waals surface area contributed by atoms with E-state index in [4.69, 9.17) is 19.9 Å². The summed E-state index contributed by atoms with van der Waals surface area (Å²) in [5.74, 6) is -3.82. The molecule has 3 aromatic rings. The summed E-state index contributed by atoms with van der Waals surface area (Å²) in [5.41, 5.74) is 10.3. The first kappa shape index (κ1) is 37.0. The Kier molecular flexibility index (Phi) is 11.5. The third-order valence-electron chi connectivity index (χ3n) is 9.00. The fourth-order valence-electron chi connectivity index (χ4n) is 6.26. The quantitative estimate of drug-likeness (QED) is 0.162. The third-order valence-corrected chi connectivity index (χ3v) is 9.00. The van der Waals surface area contributed by atoms with Crippen molar-refractivity contribution in [3.8, 4) is 0 Å². The van der Waals surface area contributed by atoms with Gasteiger partial charge in [0.1, 0.15) is 0 Å². The van der Waals surface area contributed by atoms with Gasteiger partial charge in [0.2, 0.25) is 0 Å². The van der Waals surface area contributed by atoms with Gasteiger partial charge in [0.25, 0.3) is 0 Å². The molecule has 5 rings (SSSR count). The summed E-state index contributed by atoms with van der Waals surface area (Å²) >= 11 is 0. The SMILES string of the molecule is CC1=C(CCC(=O)O)c2cc3[n-]c(cc4nc(cc5[n-]c(cc1n2)c(CCC(=O)O)c5C)C(CCC(=O)O)=C4C)c(CCC(=O)O)c3C.[Ag]. The van der Waals surface area contributed by atoms with E-state index in [0.717, 1.165) is 44.5 Å². The van der Waals surface area contributed by atoms with Crippen LogP contribution in [0.15, 0.2) is 24.3 Å². The maximum atomic E-state index is 11.6. The molecule has 8 bridgehead atoms. The van der Waals surface area contributed by atoms with E-state index in [-0.39, 0.29) is 73.7 Å². The summed E-state index contributed by atoms with van der Waals surface area (Å²) < 4.78 is 0.